The van der Waals surface area contributed by atoms with Crippen LogP contribution in [-0.2, 0) is 0 Å². The quantitative estimate of drug-likeness (QED) is 0.252. The average Bonchev–Trinajstić information content (AvgIpc) is 2.74. The Balaban J connectivity index is 2.60. The molecule has 0 aliphatic rings. The van der Waals surface area contributed by atoms with Crippen LogP contribution in [-0.4, -0.2) is 30.1 Å². The van der Waals surface area contributed by atoms with Crippen LogP contribution in [0.2, 0.25) is 33.2 Å². The molecule has 2 nitrogen and oxygen atoms in total. The minimum absolute atomic E-state index is 0.0351. The van der Waals surface area contributed by atoms with E-state index >= 15 is 4.39 Å². The van der Waals surface area contributed by atoms with Crippen molar-refractivity contribution in [2.75, 3.05) is 0 Å². The molecule has 0 fully saturated rings. The molecule has 2 radical (unpaired) electrons. The van der Waals surface area contributed by atoms with Crippen molar-refractivity contribution < 1.29 is 13.9 Å². The van der Waals surface area contributed by atoms with E-state index in [1.54, 1.807) is 12.1 Å². The van der Waals surface area contributed by atoms with Crippen LogP contribution in [0.4, 0.5) is 4.39 Å². The van der Waals surface area contributed by atoms with Crippen LogP contribution >= 0.6 is 0 Å². The minimum atomic E-state index is -2.04. The zero-order chi connectivity index (χ0) is 27.6. The van der Waals surface area contributed by atoms with E-state index in [1.165, 1.54) is 6.07 Å². The Morgan fingerprint density at radius 3 is 1.72 bits per heavy atom. The summed E-state index contributed by atoms with van der Waals surface area (Å²) in [6.07, 6.45) is 0. The van der Waals surface area contributed by atoms with Crippen LogP contribution in [0.15, 0.2) is 24.3 Å². The lowest BCUT2D eigenvalue weighted by Gasteiger charge is -2.41. The Hall–Kier alpha value is -1.56. The largest absolute Gasteiger partial charge is 0.544 e. The molecule has 6 heteroatoms. The summed E-state index contributed by atoms with van der Waals surface area (Å²) in [6, 6.07) is 6.78. The van der Waals surface area contributed by atoms with Gasteiger partial charge in [0.1, 0.15) is 33.0 Å². The first-order valence-electron chi connectivity index (χ1n) is 13.5. The monoisotopic (exact) mass is 542 g/mol. The van der Waals surface area contributed by atoms with Gasteiger partial charge in [0.15, 0.2) is 0 Å². The van der Waals surface area contributed by atoms with Gasteiger partial charge >= 0.3 is 0 Å². The van der Waals surface area contributed by atoms with Gasteiger partial charge in [0.05, 0.1) is 5.56 Å². The van der Waals surface area contributed by atoms with Crippen molar-refractivity contribution in [1.29, 1.82) is 0 Å². The number of halogens is 1. The molecule has 1 N–H and O–H groups in total. The van der Waals surface area contributed by atoms with E-state index in [4.69, 9.17) is 4.43 Å². The number of phenols is 1. The second-order valence-corrected chi connectivity index (χ2v) is 26.7. The molecular formula is C30H47FO2Si3. The van der Waals surface area contributed by atoms with E-state index in [-0.39, 0.29) is 11.6 Å². The molecule has 2 aromatic rings. The van der Waals surface area contributed by atoms with E-state index in [0.717, 1.165) is 5.39 Å². The molecule has 0 heterocycles. The lowest BCUT2D eigenvalue weighted by Crippen LogP contribution is -2.53. The fourth-order valence-corrected chi connectivity index (χ4v) is 20.0. The summed E-state index contributed by atoms with van der Waals surface area (Å²) in [5, 5.41) is 12.3. The van der Waals surface area contributed by atoms with E-state index < -0.39 is 15.7 Å². The molecule has 0 aliphatic carbocycles. The number of fused-ring (bicyclic) bond motifs is 1. The number of hydrogen-bond donors (Lipinski definition) is 1. The molecule has 2 rings (SSSR count). The number of rotatable bonds is 9. The second kappa shape index (κ2) is 11.9. The molecule has 0 saturated heterocycles. The van der Waals surface area contributed by atoms with E-state index in [2.05, 4.69) is 94.5 Å². The number of benzene rings is 2. The van der Waals surface area contributed by atoms with E-state index in [0.29, 0.717) is 59.2 Å². The topological polar surface area (TPSA) is 29.5 Å². The predicted octanol–water partition coefficient (Wildman–Crippen LogP) is 9.43. The highest BCUT2D eigenvalue weighted by Crippen LogP contribution is 2.43. The molecule has 198 valence electrons. The van der Waals surface area contributed by atoms with Gasteiger partial charge < -0.3 is 9.53 Å². The maximum absolute atomic E-state index is 15.1. The van der Waals surface area contributed by atoms with Crippen LogP contribution in [0.25, 0.3) is 10.8 Å². The van der Waals surface area contributed by atoms with Gasteiger partial charge in [0, 0.05) is 11.5 Å². The molecule has 0 saturated carbocycles. The van der Waals surface area contributed by atoms with Crippen LogP contribution in [0.3, 0.4) is 0 Å². The van der Waals surface area contributed by atoms with Crippen LogP contribution in [0.1, 0.15) is 88.6 Å². The molecule has 36 heavy (non-hydrogen) atoms. The van der Waals surface area contributed by atoms with Crippen molar-refractivity contribution >= 4 is 35.7 Å². The molecule has 0 aliphatic heterocycles. The SMILES string of the molecule is CC(C)[Si](C#Cc1c(F)ccc2cc(O[Si][Si](C(C)C)(C(C)C)C(C)C)cc(O)c12)(C(C)C)C(C)C. The van der Waals surface area contributed by atoms with Gasteiger partial charge in [-0.25, -0.2) is 4.39 Å². The second-order valence-electron chi connectivity index (χ2n) is 12.2. The number of hydrogen-bond acceptors (Lipinski definition) is 2. The molecular weight excluding hydrogens is 496 g/mol. The first-order chi connectivity index (χ1) is 16.6. The summed E-state index contributed by atoms with van der Waals surface area (Å²) in [6.45, 7) is 27.4. The van der Waals surface area contributed by atoms with Crippen molar-refractivity contribution in [3.63, 3.8) is 0 Å². The fraction of sp³-hybridized carbons (Fsp3) is 0.600. The zero-order valence-electron chi connectivity index (χ0n) is 24.5. The van der Waals surface area contributed by atoms with Gasteiger partial charge in [0.25, 0.3) is 9.28 Å². The number of phenolic OH excluding ortho intramolecular Hbond substituents is 1. The van der Waals surface area contributed by atoms with Crippen LogP contribution in [0.5, 0.6) is 11.5 Å². The van der Waals surface area contributed by atoms with Crippen LogP contribution < -0.4 is 4.43 Å². The maximum Gasteiger partial charge on any atom is 0.290 e. The van der Waals surface area contributed by atoms with Crippen LogP contribution in [0, 0.1) is 17.3 Å². The van der Waals surface area contributed by atoms with E-state index in [9.17, 15) is 5.11 Å². The third-order valence-corrected chi connectivity index (χ3v) is 27.8. The molecule has 0 spiro atoms. The fourth-order valence-electron chi connectivity index (χ4n) is 6.68. The standard InChI is InChI=1S/C30H47FO2Si3/c1-19(2)35(20(3)4,21(5)6)16-15-27-28(31)14-13-25-17-26(18-29(32)30(25)27)33-34-36(22(7)8,23(9)10)24(11)12/h13-14,17-24,32H,1-12H3. The zero-order valence-corrected chi connectivity index (χ0v) is 27.5. The normalized spacial score (nSPS) is 13.0. The first kappa shape index (κ1) is 30.7. The summed E-state index contributed by atoms with van der Waals surface area (Å²) in [7, 11) is -3.39. The highest BCUT2D eigenvalue weighted by atomic mass is 29.2. The molecule has 0 bridgehead atoms. The Morgan fingerprint density at radius 1 is 0.778 bits per heavy atom. The molecule has 0 atom stereocenters. The van der Waals surface area contributed by atoms with Gasteiger partial charge in [-0.3, -0.25) is 0 Å². The third-order valence-electron chi connectivity index (χ3n) is 8.50. The lowest BCUT2D eigenvalue weighted by atomic mass is 10.0. The summed E-state index contributed by atoms with van der Waals surface area (Å²) in [4.78, 5) is 0. The smallest absolute Gasteiger partial charge is 0.290 e. The first-order valence-corrected chi connectivity index (χ1v) is 19.9. The molecule has 0 amide bonds. The lowest BCUT2D eigenvalue weighted by molar-refractivity contribution is 0.477. The van der Waals surface area contributed by atoms with Crippen molar-refractivity contribution in [2.45, 2.75) is 116 Å². The van der Waals surface area contributed by atoms with Gasteiger partial charge in [0.2, 0.25) is 0 Å². The number of aromatic hydroxyl groups is 1. The Bertz CT molecular complexity index is 1070. The highest BCUT2D eigenvalue weighted by Gasteiger charge is 2.46. The maximum atomic E-state index is 15.1. The third kappa shape index (κ3) is 5.63. The van der Waals surface area contributed by atoms with E-state index in [1.807, 2.05) is 6.07 Å². The van der Waals surface area contributed by atoms with Gasteiger partial charge in [-0.05, 0) is 50.8 Å². The predicted molar refractivity (Wildman–Crippen MR) is 161 cm³/mol. The molecule has 2 aromatic carbocycles. The Kier molecular flexibility index (Phi) is 10.1. The van der Waals surface area contributed by atoms with Gasteiger partial charge in [-0.2, -0.15) is 0 Å². The Labute approximate surface area is 224 Å². The average molecular weight is 543 g/mol. The summed E-state index contributed by atoms with van der Waals surface area (Å²) < 4.78 is 21.6. The van der Waals surface area contributed by atoms with Crippen molar-refractivity contribution in [3.8, 4) is 23.0 Å². The van der Waals surface area contributed by atoms with Crippen molar-refractivity contribution in [2.24, 2.45) is 0 Å². The molecule has 0 unspecified atom stereocenters. The summed E-state index contributed by atoms with van der Waals surface area (Å²) >= 11 is 0. The minimum Gasteiger partial charge on any atom is -0.544 e. The summed E-state index contributed by atoms with van der Waals surface area (Å²) in [5.41, 5.74) is 7.04. The van der Waals surface area contributed by atoms with Crippen molar-refractivity contribution in [1.82, 2.24) is 0 Å². The molecule has 0 aromatic heterocycles. The van der Waals surface area contributed by atoms with Gasteiger partial charge in [-0.1, -0.05) is 95.1 Å². The van der Waals surface area contributed by atoms with Crippen molar-refractivity contribution in [3.05, 3.63) is 35.6 Å². The Morgan fingerprint density at radius 2 is 1.28 bits per heavy atom. The van der Waals surface area contributed by atoms with Gasteiger partial charge in [-0.15, -0.1) is 5.54 Å². The summed E-state index contributed by atoms with van der Waals surface area (Å²) in [5.74, 6) is 3.55. The highest BCUT2D eigenvalue weighted by molar-refractivity contribution is 7.24.